The van der Waals surface area contributed by atoms with Gasteiger partial charge in [0, 0.05) is 6.07 Å². The van der Waals surface area contributed by atoms with Crippen molar-refractivity contribution in [3.63, 3.8) is 0 Å². The average Bonchev–Trinajstić information content (AvgIpc) is 2.47. The van der Waals surface area contributed by atoms with Gasteiger partial charge in [-0.1, -0.05) is 19.8 Å². The molecule has 1 N–H and O–H groups in total. The van der Waals surface area contributed by atoms with Crippen LogP contribution in [0.3, 0.4) is 0 Å². The summed E-state index contributed by atoms with van der Waals surface area (Å²) in [6.07, 6.45) is 5.23. The molecular weight excluding hydrogens is 257 g/mol. The first-order chi connectivity index (χ1) is 9.72. The van der Waals surface area contributed by atoms with Crippen molar-refractivity contribution in [2.45, 2.75) is 39.0 Å². The van der Waals surface area contributed by atoms with Crippen LogP contribution in [0.25, 0.3) is 0 Å². The average molecular weight is 283 g/mol. The zero-order valence-corrected chi connectivity index (χ0v) is 12.8. The lowest BCUT2D eigenvalue weighted by atomic mass is 10.0. The highest BCUT2D eigenvalue weighted by molar-refractivity contribution is 5.43. The third kappa shape index (κ3) is 5.37. The maximum Gasteiger partial charge on any atom is 0.163 e. The van der Waals surface area contributed by atoms with Crippen molar-refractivity contribution in [3.8, 4) is 11.5 Å². The van der Waals surface area contributed by atoms with Crippen molar-refractivity contribution < 1.29 is 13.9 Å². The zero-order chi connectivity index (χ0) is 14.8. The Bertz CT molecular complexity index is 396. The third-order valence-corrected chi connectivity index (χ3v) is 3.35. The third-order valence-electron chi connectivity index (χ3n) is 3.35. The Kier molecular flexibility index (Phi) is 8.04. The predicted molar refractivity (Wildman–Crippen MR) is 80.2 cm³/mol. The normalized spacial score (nSPS) is 10.6. The van der Waals surface area contributed by atoms with Gasteiger partial charge in [-0.15, -0.1) is 0 Å². The molecule has 0 aromatic heterocycles. The minimum atomic E-state index is -0.213. The van der Waals surface area contributed by atoms with Gasteiger partial charge in [0.2, 0.25) is 0 Å². The second kappa shape index (κ2) is 9.59. The summed E-state index contributed by atoms with van der Waals surface area (Å²) in [6.45, 7) is 4.21. The van der Waals surface area contributed by atoms with Crippen molar-refractivity contribution >= 4 is 0 Å². The second-order valence-electron chi connectivity index (χ2n) is 4.82. The van der Waals surface area contributed by atoms with Gasteiger partial charge in [0.25, 0.3) is 0 Å². The quantitative estimate of drug-likeness (QED) is 0.666. The van der Waals surface area contributed by atoms with Gasteiger partial charge in [-0.3, -0.25) is 0 Å². The SMILES string of the molecule is CCNCCCCCCc1cc(OC)c(OC)cc1F. The van der Waals surface area contributed by atoms with Gasteiger partial charge >= 0.3 is 0 Å². The smallest absolute Gasteiger partial charge is 0.163 e. The summed E-state index contributed by atoms with van der Waals surface area (Å²) < 4.78 is 24.2. The summed E-state index contributed by atoms with van der Waals surface area (Å²) in [7, 11) is 3.08. The van der Waals surface area contributed by atoms with E-state index in [2.05, 4.69) is 12.2 Å². The number of rotatable bonds is 10. The Balaban J connectivity index is 2.40. The highest BCUT2D eigenvalue weighted by Crippen LogP contribution is 2.30. The van der Waals surface area contributed by atoms with Crippen LogP contribution in [-0.2, 0) is 6.42 Å². The molecule has 1 aromatic carbocycles. The number of unbranched alkanes of at least 4 members (excludes halogenated alkanes) is 3. The fourth-order valence-corrected chi connectivity index (χ4v) is 2.18. The lowest BCUT2D eigenvalue weighted by molar-refractivity contribution is 0.351. The molecule has 0 saturated heterocycles. The van der Waals surface area contributed by atoms with Crippen LogP contribution in [-0.4, -0.2) is 27.3 Å². The molecule has 0 heterocycles. The summed E-state index contributed by atoms with van der Waals surface area (Å²) in [5.41, 5.74) is 0.703. The molecule has 0 fully saturated rings. The molecule has 0 aliphatic heterocycles. The number of methoxy groups -OCH3 is 2. The molecule has 3 nitrogen and oxygen atoms in total. The first kappa shape index (κ1) is 16.8. The fourth-order valence-electron chi connectivity index (χ4n) is 2.18. The van der Waals surface area contributed by atoms with Gasteiger partial charge in [0.15, 0.2) is 11.5 Å². The number of aryl methyl sites for hydroxylation is 1. The molecule has 1 rings (SSSR count). The monoisotopic (exact) mass is 283 g/mol. The van der Waals surface area contributed by atoms with E-state index in [-0.39, 0.29) is 5.82 Å². The summed E-state index contributed by atoms with van der Waals surface area (Å²) in [6, 6.07) is 3.14. The molecule has 20 heavy (non-hydrogen) atoms. The van der Waals surface area contributed by atoms with Gasteiger partial charge in [0.1, 0.15) is 5.82 Å². The molecule has 4 heteroatoms. The van der Waals surface area contributed by atoms with E-state index in [1.807, 2.05) is 0 Å². The number of nitrogens with one attached hydrogen (secondary N) is 1. The topological polar surface area (TPSA) is 30.5 Å². The summed E-state index contributed by atoms with van der Waals surface area (Å²) in [5, 5.41) is 3.30. The minimum absolute atomic E-state index is 0.213. The number of halogens is 1. The number of ether oxygens (including phenoxy) is 2. The van der Waals surface area contributed by atoms with E-state index >= 15 is 0 Å². The highest BCUT2D eigenvalue weighted by Gasteiger charge is 2.10. The maximum atomic E-state index is 13.9. The van der Waals surface area contributed by atoms with Crippen molar-refractivity contribution in [1.82, 2.24) is 5.32 Å². The standard InChI is InChI=1S/C16H26FNO2/c1-4-18-10-8-6-5-7-9-13-11-15(19-2)16(20-3)12-14(13)17/h11-12,18H,4-10H2,1-3H3. The van der Waals surface area contributed by atoms with Crippen LogP contribution < -0.4 is 14.8 Å². The largest absolute Gasteiger partial charge is 0.493 e. The highest BCUT2D eigenvalue weighted by atomic mass is 19.1. The Hall–Kier alpha value is -1.29. The Labute approximate surface area is 121 Å². The van der Waals surface area contributed by atoms with Crippen molar-refractivity contribution in [2.75, 3.05) is 27.3 Å². The number of hydrogen-bond acceptors (Lipinski definition) is 3. The zero-order valence-electron chi connectivity index (χ0n) is 12.8. The summed E-state index contributed by atoms with van der Waals surface area (Å²) >= 11 is 0. The van der Waals surface area contributed by atoms with E-state index in [9.17, 15) is 4.39 Å². The van der Waals surface area contributed by atoms with Gasteiger partial charge in [0.05, 0.1) is 14.2 Å². The van der Waals surface area contributed by atoms with Crippen LogP contribution in [0.2, 0.25) is 0 Å². The predicted octanol–water partition coefficient (Wildman–Crippen LogP) is 3.56. The first-order valence-electron chi connectivity index (χ1n) is 7.34. The van der Waals surface area contributed by atoms with E-state index in [4.69, 9.17) is 9.47 Å². The maximum absolute atomic E-state index is 13.9. The van der Waals surface area contributed by atoms with E-state index in [1.165, 1.54) is 26.0 Å². The van der Waals surface area contributed by atoms with Gasteiger partial charge in [-0.25, -0.2) is 4.39 Å². The van der Waals surface area contributed by atoms with Crippen LogP contribution in [0, 0.1) is 5.82 Å². The van der Waals surface area contributed by atoms with Crippen LogP contribution in [0.15, 0.2) is 12.1 Å². The number of hydrogen-bond donors (Lipinski definition) is 1. The van der Waals surface area contributed by atoms with E-state index in [0.29, 0.717) is 17.1 Å². The minimum Gasteiger partial charge on any atom is -0.493 e. The Morgan fingerprint density at radius 2 is 1.65 bits per heavy atom. The van der Waals surface area contributed by atoms with Crippen LogP contribution in [0.1, 0.15) is 38.2 Å². The van der Waals surface area contributed by atoms with Gasteiger partial charge in [-0.05, 0) is 44.0 Å². The van der Waals surface area contributed by atoms with E-state index < -0.39 is 0 Å². The molecule has 0 saturated carbocycles. The molecule has 114 valence electrons. The van der Waals surface area contributed by atoms with Gasteiger partial charge in [-0.2, -0.15) is 0 Å². The van der Waals surface area contributed by atoms with E-state index in [0.717, 1.165) is 32.4 Å². The van der Waals surface area contributed by atoms with Gasteiger partial charge < -0.3 is 14.8 Å². The van der Waals surface area contributed by atoms with Crippen LogP contribution >= 0.6 is 0 Å². The number of benzene rings is 1. The summed E-state index contributed by atoms with van der Waals surface area (Å²) in [5.74, 6) is 0.825. The molecule has 0 bridgehead atoms. The molecule has 0 radical (unpaired) electrons. The Morgan fingerprint density at radius 1 is 1.00 bits per heavy atom. The Morgan fingerprint density at radius 3 is 2.30 bits per heavy atom. The first-order valence-corrected chi connectivity index (χ1v) is 7.34. The molecule has 0 unspecified atom stereocenters. The van der Waals surface area contributed by atoms with Crippen molar-refractivity contribution in [3.05, 3.63) is 23.5 Å². The lowest BCUT2D eigenvalue weighted by Crippen LogP contribution is -2.13. The van der Waals surface area contributed by atoms with Crippen molar-refractivity contribution in [1.29, 1.82) is 0 Å². The molecule has 0 amide bonds. The molecular formula is C16H26FNO2. The molecule has 0 aliphatic carbocycles. The fraction of sp³-hybridized carbons (Fsp3) is 0.625. The van der Waals surface area contributed by atoms with Crippen molar-refractivity contribution in [2.24, 2.45) is 0 Å². The molecule has 1 aromatic rings. The van der Waals surface area contributed by atoms with E-state index in [1.54, 1.807) is 13.2 Å². The van der Waals surface area contributed by atoms with Crippen LogP contribution in [0.5, 0.6) is 11.5 Å². The van der Waals surface area contributed by atoms with Crippen LogP contribution in [0.4, 0.5) is 4.39 Å². The summed E-state index contributed by atoms with van der Waals surface area (Å²) in [4.78, 5) is 0. The lowest BCUT2D eigenvalue weighted by Gasteiger charge is -2.11. The molecule has 0 aliphatic rings. The molecule has 0 spiro atoms. The molecule has 0 atom stereocenters. The second-order valence-corrected chi connectivity index (χ2v) is 4.82.